The third kappa shape index (κ3) is 3.86. The van der Waals surface area contributed by atoms with Crippen LogP contribution in [0.1, 0.15) is 21.9 Å². The van der Waals surface area contributed by atoms with Gasteiger partial charge in [0.25, 0.3) is 11.6 Å². The van der Waals surface area contributed by atoms with E-state index in [0.29, 0.717) is 49.0 Å². The molecule has 1 aliphatic heterocycles. The maximum absolute atomic E-state index is 12.7. The fourth-order valence-electron chi connectivity index (χ4n) is 3.33. The maximum Gasteiger partial charge on any atom is 0.288 e. The van der Waals surface area contributed by atoms with Gasteiger partial charge in [0, 0.05) is 44.2 Å². The highest BCUT2D eigenvalue weighted by atomic mass is 32.2. The summed E-state index contributed by atoms with van der Waals surface area (Å²) in [6, 6.07) is 5.79. The van der Waals surface area contributed by atoms with E-state index in [1.165, 1.54) is 18.2 Å². The Hall–Kier alpha value is -2.88. The number of hydrogen-bond donors (Lipinski definition) is 0. The summed E-state index contributed by atoms with van der Waals surface area (Å²) in [6.45, 7) is 5.42. The molecule has 1 fully saturated rings. The van der Waals surface area contributed by atoms with Crippen molar-refractivity contribution in [2.45, 2.75) is 18.7 Å². The van der Waals surface area contributed by atoms with Crippen molar-refractivity contribution in [2.75, 3.05) is 37.3 Å². The molecule has 150 valence electrons. The zero-order valence-corrected chi connectivity index (χ0v) is 16.7. The minimum atomic E-state index is -3.75. The van der Waals surface area contributed by atoms with Gasteiger partial charge in [-0.3, -0.25) is 14.9 Å². The molecule has 9 nitrogen and oxygen atoms in total. The van der Waals surface area contributed by atoms with E-state index < -0.39 is 20.4 Å². The van der Waals surface area contributed by atoms with Gasteiger partial charge in [-0.15, -0.1) is 0 Å². The minimum Gasteiger partial charge on any atom is -0.466 e. The first-order valence-corrected chi connectivity index (χ1v) is 10.6. The fraction of sp³-hybridized carbons (Fsp3) is 0.389. The summed E-state index contributed by atoms with van der Waals surface area (Å²) >= 11 is 0. The van der Waals surface area contributed by atoms with Crippen LogP contribution in [0.25, 0.3) is 0 Å². The van der Waals surface area contributed by atoms with E-state index in [1.54, 1.807) is 24.8 Å². The van der Waals surface area contributed by atoms with Gasteiger partial charge in [-0.25, -0.2) is 8.42 Å². The predicted molar refractivity (Wildman–Crippen MR) is 103 cm³/mol. The summed E-state index contributed by atoms with van der Waals surface area (Å²) in [4.78, 5) is 26.4. The first kappa shape index (κ1) is 19.9. The Morgan fingerprint density at radius 1 is 1.14 bits per heavy atom. The van der Waals surface area contributed by atoms with Gasteiger partial charge in [-0.1, -0.05) is 0 Å². The molecule has 0 atom stereocenters. The number of rotatable bonds is 4. The lowest BCUT2D eigenvalue weighted by molar-refractivity contribution is -0.387. The summed E-state index contributed by atoms with van der Waals surface area (Å²) in [7, 11) is -3.75. The van der Waals surface area contributed by atoms with Gasteiger partial charge in [0.2, 0.25) is 0 Å². The molecule has 1 aromatic carbocycles. The van der Waals surface area contributed by atoms with E-state index >= 15 is 0 Å². The highest BCUT2D eigenvalue weighted by molar-refractivity contribution is 7.90. The standard InChI is InChI=1S/C18H21N3O6S/c1-12-10-15(13(2)27-12)18(22)20-8-6-19(7-9-20)14-4-5-16(21(23)24)17(11-14)28(3,25)26/h4-5,10-11H,6-9H2,1-3H3. The van der Waals surface area contributed by atoms with Gasteiger partial charge in [0.15, 0.2) is 9.84 Å². The van der Waals surface area contributed by atoms with Crippen LogP contribution in [-0.4, -0.2) is 56.6 Å². The van der Waals surface area contributed by atoms with E-state index in [4.69, 9.17) is 4.42 Å². The molecule has 2 aromatic rings. The molecule has 0 spiro atoms. The zero-order valence-electron chi connectivity index (χ0n) is 15.8. The summed E-state index contributed by atoms with van der Waals surface area (Å²) < 4.78 is 29.3. The number of nitrogens with zero attached hydrogens (tertiary/aromatic N) is 3. The largest absolute Gasteiger partial charge is 0.466 e. The number of sulfone groups is 1. The Balaban J connectivity index is 1.77. The lowest BCUT2D eigenvalue weighted by Gasteiger charge is -2.36. The van der Waals surface area contributed by atoms with Gasteiger partial charge in [0.05, 0.1) is 10.5 Å². The van der Waals surface area contributed by atoms with Crippen LogP contribution in [-0.2, 0) is 9.84 Å². The number of carbonyl (C=O) groups is 1. The molecule has 0 unspecified atom stereocenters. The van der Waals surface area contributed by atoms with Crippen molar-refractivity contribution in [2.24, 2.45) is 0 Å². The summed E-state index contributed by atoms with van der Waals surface area (Å²) in [5.41, 5.74) is 0.681. The Labute approximate surface area is 162 Å². The first-order valence-electron chi connectivity index (χ1n) is 8.67. The van der Waals surface area contributed by atoms with Crippen LogP contribution in [0, 0.1) is 24.0 Å². The fourth-order valence-corrected chi connectivity index (χ4v) is 4.19. The molecular formula is C18H21N3O6S. The Morgan fingerprint density at radius 2 is 1.79 bits per heavy atom. The summed E-state index contributed by atoms with van der Waals surface area (Å²) in [5, 5.41) is 11.1. The van der Waals surface area contributed by atoms with Gasteiger partial charge in [0.1, 0.15) is 16.4 Å². The number of benzene rings is 1. The number of carbonyl (C=O) groups excluding carboxylic acids is 1. The van der Waals surface area contributed by atoms with Crippen LogP contribution in [0.4, 0.5) is 11.4 Å². The monoisotopic (exact) mass is 407 g/mol. The number of piperazine rings is 1. The van der Waals surface area contributed by atoms with Crippen molar-refractivity contribution in [3.05, 3.63) is 51.5 Å². The SMILES string of the molecule is Cc1cc(C(=O)N2CCN(c3ccc([N+](=O)[O-])c(S(C)(=O)=O)c3)CC2)c(C)o1. The third-order valence-corrected chi connectivity index (χ3v) is 5.87. The molecule has 0 bridgehead atoms. The van der Waals surface area contributed by atoms with E-state index in [2.05, 4.69) is 0 Å². The number of aryl methyl sites for hydroxylation is 2. The van der Waals surface area contributed by atoms with Gasteiger partial charge in [-0.05, 0) is 32.0 Å². The van der Waals surface area contributed by atoms with Crippen molar-refractivity contribution in [3.63, 3.8) is 0 Å². The highest BCUT2D eigenvalue weighted by Gasteiger charge is 2.27. The second kappa shape index (κ2) is 7.27. The lowest BCUT2D eigenvalue weighted by Crippen LogP contribution is -2.48. The number of hydrogen-bond acceptors (Lipinski definition) is 7. The smallest absolute Gasteiger partial charge is 0.288 e. The molecule has 1 amide bonds. The van der Waals surface area contributed by atoms with Crippen molar-refractivity contribution >= 4 is 27.1 Å². The van der Waals surface area contributed by atoms with Gasteiger partial charge in [-0.2, -0.15) is 0 Å². The van der Waals surface area contributed by atoms with Gasteiger partial charge >= 0.3 is 0 Å². The molecule has 1 saturated heterocycles. The zero-order chi connectivity index (χ0) is 20.6. The maximum atomic E-state index is 12.7. The molecule has 1 aromatic heterocycles. The second-order valence-electron chi connectivity index (χ2n) is 6.79. The van der Waals surface area contributed by atoms with Gasteiger partial charge < -0.3 is 14.2 Å². The highest BCUT2D eigenvalue weighted by Crippen LogP contribution is 2.29. The summed E-state index contributed by atoms with van der Waals surface area (Å²) in [5.74, 6) is 1.16. The lowest BCUT2D eigenvalue weighted by atomic mass is 10.2. The minimum absolute atomic E-state index is 0.102. The van der Waals surface area contributed by atoms with Crippen LogP contribution in [0.5, 0.6) is 0 Å². The number of nitro benzene ring substituents is 1. The summed E-state index contributed by atoms with van der Waals surface area (Å²) in [6.07, 6.45) is 0.949. The van der Waals surface area contributed by atoms with Crippen LogP contribution >= 0.6 is 0 Å². The molecule has 0 saturated carbocycles. The molecule has 0 aliphatic carbocycles. The van der Waals surface area contributed by atoms with Crippen LogP contribution in [0.2, 0.25) is 0 Å². The van der Waals surface area contributed by atoms with E-state index in [-0.39, 0.29) is 10.8 Å². The van der Waals surface area contributed by atoms with Crippen LogP contribution in [0.3, 0.4) is 0 Å². The Kier molecular flexibility index (Phi) is 5.16. The van der Waals surface area contributed by atoms with E-state index in [1.807, 2.05) is 4.90 Å². The van der Waals surface area contributed by atoms with Crippen molar-refractivity contribution < 1.29 is 22.6 Å². The normalized spacial score (nSPS) is 15.0. The quantitative estimate of drug-likeness (QED) is 0.563. The van der Waals surface area contributed by atoms with Crippen molar-refractivity contribution in [3.8, 4) is 0 Å². The number of furan rings is 1. The second-order valence-corrected chi connectivity index (χ2v) is 8.77. The molecular weight excluding hydrogens is 386 g/mol. The molecule has 28 heavy (non-hydrogen) atoms. The molecule has 3 rings (SSSR count). The predicted octanol–water partition coefficient (Wildman–Crippen LogP) is 2.17. The van der Waals surface area contributed by atoms with Crippen molar-refractivity contribution in [1.82, 2.24) is 4.90 Å². The average Bonchev–Trinajstić information content (AvgIpc) is 2.98. The average molecular weight is 407 g/mol. The number of amides is 1. The van der Waals surface area contributed by atoms with Crippen molar-refractivity contribution in [1.29, 1.82) is 0 Å². The van der Waals surface area contributed by atoms with Crippen LogP contribution < -0.4 is 4.90 Å². The Bertz CT molecular complexity index is 1040. The Morgan fingerprint density at radius 3 is 2.29 bits per heavy atom. The third-order valence-electron chi connectivity index (χ3n) is 4.74. The molecule has 0 N–H and O–H groups in total. The van der Waals surface area contributed by atoms with E-state index in [0.717, 1.165) is 6.26 Å². The topological polar surface area (TPSA) is 114 Å². The molecule has 0 radical (unpaired) electrons. The first-order chi connectivity index (χ1) is 13.1. The molecule has 10 heteroatoms. The number of nitro groups is 1. The van der Waals surface area contributed by atoms with E-state index in [9.17, 15) is 23.3 Å². The number of anilines is 1. The van der Waals surface area contributed by atoms with Crippen LogP contribution in [0.15, 0.2) is 33.6 Å². The molecule has 1 aliphatic rings. The molecule has 2 heterocycles.